The summed E-state index contributed by atoms with van der Waals surface area (Å²) in [6, 6.07) is 13.2. The lowest BCUT2D eigenvalue weighted by atomic mass is 9.97. The minimum absolute atomic E-state index is 0.0151. The van der Waals surface area contributed by atoms with Crippen LogP contribution in [0.2, 0.25) is 0 Å². The van der Waals surface area contributed by atoms with Crippen LogP contribution in [-0.2, 0) is 0 Å². The molecule has 3 aromatic rings. The number of rotatable bonds is 5. The van der Waals surface area contributed by atoms with E-state index >= 15 is 0 Å². The minimum atomic E-state index is -0.0599. The minimum Gasteiger partial charge on any atom is -0.497 e. The standard InChI is InChI=1S/C23H25N3O4/c1-15-6-4-7-16(10-15)21-24-22(30-25-21)17-8-5-9-26(14-17)23(27)18-11-19(28-2)13-20(12-18)29-3/h4,6-7,10-13,17H,5,8-9,14H2,1-3H3/t17-/m0/s1. The molecule has 0 N–H and O–H groups in total. The Bertz CT molecular complexity index is 1020. The summed E-state index contributed by atoms with van der Waals surface area (Å²) in [6.45, 7) is 3.25. The Hall–Kier alpha value is -3.35. The maximum absolute atomic E-state index is 13.1. The first-order valence-corrected chi connectivity index (χ1v) is 10.0. The van der Waals surface area contributed by atoms with E-state index in [1.807, 2.05) is 36.1 Å². The molecule has 0 bridgehead atoms. The maximum atomic E-state index is 13.1. The van der Waals surface area contributed by atoms with Crippen molar-refractivity contribution in [3.63, 3.8) is 0 Å². The number of aromatic nitrogens is 2. The van der Waals surface area contributed by atoms with Crippen LogP contribution >= 0.6 is 0 Å². The van der Waals surface area contributed by atoms with Crippen molar-refractivity contribution in [2.24, 2.45) is 0 Å². The Morgan fingerprint density at radius 2 is 1.90 bits per heavy atom. The number of likely N-dealkylation sites (tertiary alicyclic amines) is 1. The number of benzene rings is 2. The number of hydrogen-bond acceptors (Lipinski definition) is 6. The van der Waals surface area contributed by atoms with Gasteiger partial charge in [-0.2, -0.15) is 4.98 Å². The lowest BCUT2D eigenvalue weighted by molar-refractivity contribution is 0.0695. The summed E-state index contributed by atoms with van der Waals surface area (Å²) in [6.07, 6.45) is 1.78. The highest BCUT2D eigenvalue weighted by atomic mass is 16.5. The lowest BCUT2D eigenvalue weighted by Crippen LogP contribution is -2.39. The predicted molar refractivity (Wildman–Crippen MR) is 112 cm³/mol. The van der Waals surface area contributed by atoms with Crippen molar-refractivity contribution < 1.29 is 18.8 Å². The van der Waals surface area contributed by atoms with Crippen LogP contribution in [0.15, 0.2) is 47.0 Å². The van der Waals surface area contributed by atoms with E-state index in [9.17, 15) is 4.79 Å². The van der Waals surface area contributed by atoms with Gasteiger partial charge in [0, 0.05) is 30.3 Å². The van der Waals surface area contributed by atoms with E-state index in [0.29, 0.717) is 41.9 Å². The molecule has 1 atom stereocenters. The van der Waals surface area contributed by atoms with Crippen molar-refractivity contribution in [1.29, 1.82) is 0 Å². The molecule has 1 aliphatic rings. The number of nitrogens with zero attached hydrogens (tertiary/aromatic N) is 3. The fraction of sp³-hybridized carbons (Fsp3) is 0.348. The number of aryl methyl sites for hydroxylation is 1. The molecular weight excluding hydrogens is 382 g/mol. The zero-order chi connectivity index (χ0) is 21.1. The van der Waals surface area contributed by atoms with Gasteiger partial charge in [-0.1, -0.05) is 28.9 Å². The predicted octanol–water partition coefficient (Wildman–Crippen LogP) is 4.08. The van der Waals surface area contributed by atoms with Crippen molar-refractivity contribution in [2.45, 2.75) is 25.7 Å². The van der Waals surface area contributed by atoms with Crippen LogP contribution in [0, 0.1) is 6.92 Å². The second kappa shape index (κ2) is 8.57. The zero-order valence-corrected chi connectivity index (χ0v) is 17.4. The van der Waals surface area contributed by atoms with Crippen LogP contribution in [0.25, 0.3) is 11.4 Å². The summed E-state index contributed by atoms with van der Waals surface area (Å²) < 4.78 is 16.2. The molecule has 4 rings (SSSR count). The molecule has 156 valence electrons. The first-order chi connectivity index (χ1) is 14.6. The molecule has 0 radical (unpaired) electrons. The van der Waals surface area contributed by atoms with Gasteiger partial charge in [0.2, 0.25) is 11.7 Å². The van der Waals surface area contributed by atoms with Gasteiger partial charge in [-0.3, -0.25) is 4.79 Å². The summed E-state index contributed by atoms with van der Waals surface area (Å²) >= 11 is 0. The van der Waals surface area contributed by atoms with Crippen molar-refractivity contribution in [3.05, 3.63) is 59.5 Å². The van der Waals surface area contributed by atoms with Gasteiger partial charge in [-0.25, -0.2) is 0 Å². The SMILES string of the molecule is COc1cc(OC)cc(C(=O)N2CCC[C@H](c3nc(-c4cccc(C)c4)no3)C2)c1. The van der Waals surface area contributed by atoms with E-state index in [1.54, 1.807) is 32.4 Å². The maximum Gasteiger partial charge on any atom is 0.254 e. The quantitative estimate of drug-likeness (QED) is 0.634. The first kappa shape index (κ1) is 19.9. The van der Waals surface area contributed by atoms with E-state index in [4.69, 9.17) is 14.0 Å². The van der Waals surface area contributed by atoms with Gasteiger partial charge in [0.1, 0.15) is 11.5 Å². The van der Waals surface area contributed by atoms with E-state index in [0.717, 1.165) is 24.0 Å². The third-order valence-electron chi connectivity index (χ3n) is 5.37. The van der Waals surface area contributed by atoms with Gasteiger partial charge < -0.3 is 18.9 Å². The molecule has 0 saturated carbocycles. The van der Waals surface area contributed by atoms with Crippen molar-refractivity contribution in [3.8, 4) is 22.9 Å². The van der Waals surface area contributed by atoms with Crippen molar-refractivity contribution in [1.82, 2.24) is 15.0 Å². The Kier molecular flexibility index (Phi) is 5.70. The van der Waals surface area contributed by atoms with Crippen LogP contribution in [0.1, 0.15) is 40.6 Å². The van der Waals surface area contributed by atoms with Crippen LogP contribution in [-0.4, -0.2) is 48.3 Å². The largest absolute Gasteiger partial charge is 0.497 e. The normalized spacial score (nSPS) is 16.4. The first-order valence-electron chi connectivity index (χ1n) is 10.0. The lowest BCUT2D eigenvalue weighted by Gasteiger charge is -2.31. The van der Waals surface area contributed by atoms with Crippen LogP contribution in [0.4, 0.5) is 0 Å². The highest BCUT2D eigenvalue weighted by molar-refractivity contribution is 5.95. The molecule has 0 aliphatic carbocycles. The second-order valence-corrected chi connectivity index (χ2v) is 7.52. The zero-order valence-electron chi connectivity index (χ0n) is 17.4. The molecule has 1 fully saturated rings. The molecule has 7 nitrogen and oxygen atoms in total. The number of piperidine rings is 1. The van der Waals surface area contributed by atoms with Gasteiger partial charge in [0.25, 0.3) is 5.91 Å². The number of methoxy groups -OCH3 is 2. The summed E-state index contributed by atoms with van der Waals surface area (Å²) in [5.74, 6) is 2.29. The second-order valence-electron chi connectivity index (χ2n) is 7.52. The van der Waals surface area contributed by atoms with Gasteiger partial charge in [-0.05, 0) is 38.0 Å². The van der Waals surface area contributed by atoms with Crippen LogP contribution in [0.5, 0.6) is 11.5 Å². The molecule has 2 heterocycles. The van der Waals surface area contributed by atoms with Crippen molar-refractivity contribution >= 4 is 5.91 Å². The molecule has 1 aromatic heterocycles. The third kappa shape index (κ3) is 4.15. The molecule has 7 heteroatoms. The summed E-state index contributed by atoms with van der Waals surface area (Å²) in [5, 5.41) is 4.15. The Morgan fingerprint density at radius 1 is 1.13 bits per heavy atom. The number of carbonyl (C=O) groups is 1. The molecule has 1 saturated heterocycles. The molecular formula is C23H25N3O4. The molecule has 2 aromatic carbocycles. The number of ether oxygens (including phenoxy) is 2. The van der Waals surface area contributed by atoms with Crippen molar-refractivity contribution in [2.75, 3.05) is 27.3 Å². The highest BCUT2D eigenvalue weighted by Gasteiger charge is 2.29. The molecule has 0 spiro atoms. The van der Waals surface area contributed by atoms with E-state index in [-0.39, 0.29) is 11.8 Å². The summed E-state index contributed by atoms with van der Waals surface area (Å²) in [7, 11) is 3.14. The average molecular weight is 407 g/mol. The average Bonchev–Trinajstić information content (AvgIpc) is 3.29. The smallest absolute Gasteiger partial charge is 0.254 e. The summed E-state index contributed by atoms with van der Waals surface area (Å²) in [5.41, 5.74) is 2.61. The molecule has 30 heavy (non-hydrogen) atoms. The third-order valence-corrected chi connectivity index (χ3v) is 5.37. The van der Waals surface area contributed by atoms with Crippen LogP contribution in [0.3, 0.4) is 0 Å². The number of carbonyl (C=O) groups excluding carboxylic acids is 1. The number of hydrogen-bond donors (Lipinski definition) is 0. The molecule has 1 aliphatic heterocycles. The highest BCUT2D eigenvalue weighted by Crippen LogP contribution is 2.30. The fourth-order valence-electron chi connectivity index (χ4n) is 3.78. The van der Waals surface area contributed by atoms with Gasteiger partial charge in [0.15, 0.2) is 0 Å². The fourth-order valence-corrected chi connectivity index (χ4v) is 3.78. The van der Waals surface area contributed by atoms with Gasteiger partial charge >= 0.3 is 0 Å². The van der Waals surface area contributed by atoms with E-state index < -0.39 is 0 Å². The van der Waals surface area contributed by atoms with Crippen LogP contribution < -0.4 is 9.47 Å². The topological polar surface area (TPSA) is 77.7 Å². The van der Waals surface area contributed by atoms with E-state index in [1.165, 1.54) is 0 Å². The monoisotopic (exact) mass is 407 g/mol. The Morgan fingerprint density at radius 3 is 2.60 bits per heavy atom. The molecule has 1 amide bonds. The Labute approximate surface area is 175 Å². The summed E-state index contributed by atoms with van der Waals surface area (Å²) in [4.78, 5) is 19.6. The molecule has 0 unspecified atom stereocenters. The van der Waals surface area contributed by atoms with Gasteiger partial charge in [0.05, 0.1) is 20.1 Å². The Balaban J connectivity index is 1.52. The number of amides is 1. The van der Waals surface area contributed by atoms with Gasteiger partial charge in [-0.15, -0.1) is 0 Å². The van der Waals surface area contributed by atoms with E-state index in [2.05, 4.69) is 10.1 Å².